The summed E-state index contributed by atoms with van der Waals surface area (Å²) in [6, 6.07) is 9.77. The van der Waals surface area contributed by atoms with E-state index < -0.39 is 5.60 Å². The van der Waals surface area contributed by atoms with Crippen LogP contribution in [0.3, 0.4) is 0 Å². The van der Waals surface area contributed by atoms with Crippen molar-refractivity contribution >= 4 is 11.5 Å². The van der Waals surface area contributed by atoms with E-state index >= 15 is 0 Å². The number of allylic oxidation sites excluding steroid dienone is 1. The molecule has 0 radical (unpaired) electrons. The van der Waals surface area contributed by atoms with E-state index in [-0.39, 0.29) is 12.6 Å². The number of carbonyl (C=O) groups is 1. The third-order valence-electron chi connectivity index (χ3n) is 2.59. The molecule has 0 amide bonds. The minimum absolute atomic E-state index is 0.246. The molecule has 3 heteroatoms. The standard InChI is InChI=1S/C16H22O3/c1-12(13-9-7-6-8-10-13)14(11-18-5)15(17)19-16(2,3)4/h6-10H,11H2,1-5H3. The Kier molecular flexibility index (Phi) is 5.31. The van der Waals surface area contributed by atoms with Crippen molar-refractivity contribution in [2.24, 2.45) is 0 Å². The molecule has 0 bridgehead atoms. The number of ether oxygens (including phenoxy) is 2. The maximum atomic E-state index is 12.2. The van der Waals surface area contributed by atoms with E-state index in [1.54, 1.807) is 7.11 Å². The molecule has 1 aromatic rings. The SMILES string of the molecule is COCC(C(=O)OC(C)(C)C)=C(C)c1ccccc1. The number of methoxy groups -OCH3 is 1. The smallest absolute Gasteiger partial charge is 0.337 e. The molecule has 0 aromatic heterocycles. The second-order valence-electron chi connectivity index (χ2n) is 5.40. The summed E-state index contributed by atoms with van der Waals surface area (Å²) in [7, 11) is 1.57. The summed E-state index contributed by atoms with van der Waals surface area (Å²) in [5.41, 5.74) is 1.94. The summed E-state index contributed by atoms with van der Waals surface area (Å²) in [6.45, 7) is 7.72. The molecule has 0 saturated heterocycles. The molecule has 0 aliphatic heterocycles. The molecule has 1 aromatic carbocycles. The number of rotatable bonds is 4. The quantitative estimate of drug-likeness (QED) is 0.616. The highest BCUT2D eigenvalue weighted by Gasteiger charge is 2.21. The molecule has 19 heavy (non-hydrogen) atoms. The van der Waals surface area contributed by atoms with Gasteiger partial charge < -0.3 is 9.47 Å². The van der Waals surface area contributed by atoms with E-state index in [2.05, 4.69) is 0 Å². The highest BCUT2D eigenvalue weighted by molar-refractivity contribution is 5.97. The lowest BCUT2D eigenvalue weighted by Gasteiger charge is -2.21. The van der Waals surface area contributed by atoms with E-state index in [0.717, 1.165) is 11.1 Å². The number of hydrogen-bond acceptors (Lipinski definition) is 3. The third kappa shape index (κ3) is 4.87. The van der Waals surface area contributed by atoms with Crippen LogP contribution in [0, 0.1) is 0 Å². The zero-order valence-corrected chi connectivity index (χ0v) is 12.3. The van der Waals surface area contributed by atoms with Gasteiger partial charge in [0.2, 0.25) is 0 Å². The van der Waals surface area contributed by atoms with E-state index in [1.807, 2.05) is 58.0 Å². The normalized spacial score (nSPS) is 12.9. The van der Waals surface area contributed by atoms with Crippen LogP contribution in [0.25, 0.3) is 5.57 Å². The van der Waals surface area contributed by atoms with Gasteiger partial charge in [0.25, 0.3) is 0 Å². The van der Waals surface area contributed by atoms with Crippen LogP contribution >= 0.6 is 0 Å². The van der Waals surface area contributed by atoms with E-state index in [1.165, 1.54) is 0 Å². The minimum Gasteiger partial charge on any atom is -0.457 e. The Bertz CT molecular complexity index is 453. The van der Waals surface area contributed by atoms with Gasteiger partial charge in [-0.15, -0.1) is 0 Å². The van der Waals surface area contributed by atoms with Crippen LogP contribution in [-0.2, 0) is 14.3 Å². The second kappa shape index (κ2) is 6.53. The molecule has 0 N–H and O–H groups in total. The van der Waals surface area contributed by atoms with Crippen molar-refractivity contribution in [2.75, 3.05) is 13.7 Å². The summed E-state index contributed by atoms with van der Waals surface area (Å²) in [5, 5.41) is 0. The fraction of sp³-hybridized carbons (Fsp3) is 0.438. The lowest BCUT2D eigenvalue weighted by atomic mass is 10.0. The van der Waals surface area contributed by atoms with Crippen LogP contribution in [0.4, 0.5) is 0 Å². The van der Waals surface area contributed by atoms with Crippen molar-refractivity contribution < 1.29 is 14.3 Å². The summed E-state index contributed by atoms with van der Waals surface area (Å²) < 4.78 is 10.5. The first-order valence-corrected chi connectivity index (χ1v) is 6.32. The fourth-order valence-corrected chi connectivity index (χ4v) is 1.67. The van der Waals surface area contributed by atoms with Gasteiger partial charge in [-0.25, -0.2) is 4.79 Å². The average molecular weight is 262 g/mol. The lowest BCUT2D eigenvalue weighted by Crippen LogP contribution is -2.26. The monoisotopic (exact) mass is 262 g/mol. The Morgan fingerprint density at radius 3 is 2.21 bits per heavy atom. The van der Waals surface area contributed by atoms with Gasteiger partial charge >= 0.3 is 5.97 Å². The number of hydrogen-bond donors (Lipinski definition) is 0. The topological polar surface area (TPSA) is 35.5 Å². The molecule has 0 spiro atoms. The van der Waals surface area contributed by atoms with Crippen molar-refractivity contribution in [3.8, 4) is 0 Å². The molecule has 0 aliphatic carbocycles. The zero-order valence-electron chi connectivity index (χ0n) is 12.3. The largest absolute Gasteiger partial charge is 0.457 e. The molecular weight excluding hydrogens is 240 g/mol. The van der Waals surface area contributed by atoms with Crippen molar-refractivity contribution in [1.29, 1.82) is 0 Å². The van der Waals surface area contributed by atoms with E-state index in [4.69, 9.17) is 9.47 Å². The second-order valence-corrected chi connectivity index (χ2v) is 5.40. The van der Waals surface area contributed by atoms with Crippen LogP contribution in [0.15, 0.2) is 35.9 Å². The van der Waals surface area contributed by atoms with Crippen LogP contribution in [-0.4, -0.2) is 25.3 Å². The first kappa shape index (κ1) is 15.4. The number of esters is 1. The molecular formula is C16H22O3. The molecule has 104 valence electrons. The van der Waals surface area contributed by atoms with Crippen molar-refractivity contribution in [3.05, 3.63) is 41.5 Å². The first-order chi connectivity index (χ1) is 8.85. The van der Waals surface area contributed by atoms with Crippen LogP contribution < -0.4 is 0 Å². The number of carbonyl (C=O) groups excluding carboxylic acids is 1. The van der Waals surface area contributed by atoms with E-state index in [9.17, 15) is 4.79 Å². The number of benzene rings is 1. The van der Waals surface area contributed by atoms with E-state index in [0.29, 0.717) is 5.57 Å². The van der Waals surface area contributed by atoms with Gasteiger partial charge in [-0.1, -0.05) is 30.3 Å². The predicted octanol–water partition coefficient (Wildman–Crippen LogP) is 3.45. The Morgan fingerprint density at radius 1 is 1.16 bits per heavy atom. The Morgan fingerprint density at radius 2 is 1.74 bits per heavy atom. The minimum atomic E-state index is -0.507. The molecule has 0 fully saturated rings. The molecule has 0 aliphatic rings. The Labute approximate surface area is 115 Å². The zero-order chi connectivity index (χ0) is 14.5. The average Bonchev–Trinajstić information content (AvgIpc) is 2.34. The van der Waals surface area contributed by atoms with Gasteiger partial charge in [0.1, 0.15) is 5.60 Å². The maximum Gasteiger partial charge on any atom is 0.337 e. The summed E-state index contributed by atoms with van der Waals surface area (Å²) >= 11 is 0. The van der Waals surface area contributed by atoms with Gasteiger partial charge in [0.15, 0.2) is 0 Å². The molecule has 0 unspecified atom stereocenters. The summed E-state index contributed by atoms with van der Waals surface area (Å²) in [6.07, 6.45) is 0. The van der Waals surface area contributed by atoms with Crippen molar-refractivity contribution in [2.45, 2.75) is 33.3 Å². The van der Waals surface area contributed by atoms with Gasteiger partial charge in [-0.05, 0) is 38.8 Å². The van der Waals surface area contributed by atoms with Gasteiger partial charge in [-0.3, -0.25) is 0 Å². The highest BCUT2D eigenvalue weighted by Crippen LogP contribution is 2.21. The molecule has 0 atom stereocenters. The highest BCUT2D eigenvalue weighted by atomic mass is 16.6. The van der Waals surface area contributed by atoms with Crippen LogP contribution in [0.1, 0.15) is 33.3 Å². The molecule has 0 heterocycles. The van der Waals surface area contributed by atoms with Crippen LogP contribution in [0.2, 0.25) is 0 Å². The van der Waals surface area contributed by atoms with Gasteiger partial charge in [0, 0.05) is 7.11 Å². The van der Waals surface area contributed by atoms with Crippen molar-refractivity contribution in [1.82, 2.24) is 0 Å². The third-order valence-corrected chi connectivity index (χ3v) is 2.59. The Balaban J connectivity index is 3.09. The molecule has 0 saturated carbocycles. The first-order valence-electron chi connectivity index (χ1n) is 6.32. The lowest BCUT2D eigenvalue weighted by molar-refractivity contribution is -0.150. The van der Waals surface area contributed by atoms with Crippen LogP contribution in [0.5, 0.6) is 0 Å². The molecule has 1 rings (SSSR count). The predicted molar refractivity (Wildman–Crippen MR) is 76.8 cm³/mol. The Hall–Kier alpha value is -1.61. The van der Waals surface area contributed by atoms with Gasteiger partial charge in [-0.2, -0.15) is 0 Å². The molecule has 3 nitrogen and oxygen atoms in total. The fourth-order valence-electron chi connectivity index (χ4n) is 1.67. The summed E-state index contributed by atoms with van der Waals surface area (Å²) in [4.78, 5) is 12.2. The van der Waals surface area contributed by atoms with Gasteiger partial charge in [0.05, 0.1) is 12.2 Å². The summed E-state index contributed by atoms with van der Waals surface area (Å²) in [5.74, 6) is -0.323. The maximum absolute atomic E-state index is 12.2. The van der Waals surface area contributed by atoms with Crippen molar-refractivity contribution in [3.63, 3.8) is 0 Å².